The van der Waals surface area contributed by atoms with Gasteiger partial charge in [0.15, 0.2) is 0 Å². The van der Waals surface area contributed by atoms with Crippen LogP contribution >= 0.6 is 27.5 Å². The molecule has 0 aliphatic heterocycles. The number of methoxy groups -OCH3 is 1. The second-order valence-corrected chi connectivity index (χ2v) is 8.87. The Labute approximate surface area is 215 Å². The van der Waals surface area contributed by atoms with E-state index < -0.39 is 5.82 Å². The van der Waals surface area contributed by atoms with E-state index in [1.807, 2.05) is 36.4 Å². The van der Waals surface area contributed by atoms with E-state index in [-0.39, 0.29) is 5.02 Å². The molecule has 0 amide bonds. The molecule has 2 N–H and O–H groups in total. The van der Waals surface area contributed by atoms with Gasteiger partial charge in [-0.15, -0.1) is 0 Å². The molecule has 35 heavy (non-hydrogen) atoms. The molecule has 0 fully saturated rings. The molecule has 4 aromatic rings. The molecular formula is C26H21BrClFN4O2. The maximum Gasteiger partial charge on any atom is 0.141 e. The molecule has 0 bridgehead atoms. The maximum atomic E-state index is 13.6. The molecule has 0 saturated heterocycles. The Bertz CT molecular complexity index is 1410. The zero-order valence-corrected chi connectivity index (χ0v) is 21.1. The molecule has 3 aromatic carbocycles. The summed E-state index contributed by atoms with van der Waals surface area (Å²) in [4.78, 5) is 4.39. The molecule has 1 aromatic heterocycles. The molecule has 178 valence electrons. The quantitative estimate of drug-likeness (QED) is 0.216. The summed E-state index contributed by atoms with van der Waals surface area (Å²) in [7, 11) is 1.63. The predicted octanol–water partition coefficient (Wildman–Crippen LogP) is 7.04. The van der Waals surface area contributed by atoms with Gasteiger partial charge in [0, 0.05) is 36.6 Å². The van der Waals surface area contributed by atoms with Gasteiger partial charge in [-0.05, 0) is 70.0 Å². The van der Waals surface area contributed by atoms with Crippen LogP contribution in [0.5, 0.6) is 5.75 Å². The molecule has 9 heteroatoms. The lowest BCUT2D eigenvalue weighted by Crippen LogP contribution is -2.05. The van der Waals surface area contributed by atoms with Crippen molar-refractivity contribution in [1.82, 2.24) is 4.98 Å². The topological polar surface area (TPSA) is 79.2 Å². The summed E-state index contributed by atoms with van der Waals surface area (Å²) in [5.74, 6) is 0.244. The molecule has 4 rings (SSSR count). The smallest absolute Gasteiger partial charge is 0.141 e. The lowest BCUT2D eigenvalue weighted by Gasteiger charge is -2.14. The van der Waals surface area contributed by atoms with Crippen molar-refractivity contribution in [3.63, 3.8) is 0 Å². The normalized spacial score (nSPS) is 10.7. The lowest BCUT2D eigenvalue weighted by atomic mass is 10.1. The number of ether oxygens (including phenoxy) is 2. The third-order valence-electron chi connectivity index (χ3n) is 5.22. The van der Waals surface area contributed by atoms with Crippen molar-refractivity contribution in [2.24, 2.45) is 0 Å². The van der Waals surface area contributed by atoms with Crippen LogP contribution in [0.3, 0.4) is 0 Å². The van der Waals surface area contributed by atoms with E-state index in [1.54, 1.807) is 13.2 Å². The first-order chi connectivity index (χ1) is 17.0. The predicted molar refractivity (Wildman–Crippen MR) is 140 cm³/mol. The number of nitrogens with zero attached hydrogens (tertiary/aromatic N) is 2. The minimum atomic E-state index is -0.509. The van der Waals surface area contributed by atoms with Gasteiger partial charge in [0.25, 0.3) is 0 Å². The van der Waals surface area contributed by atoms with Crippen molar-refractivity contribution in [3.05, 3.63) is 87.2 Å². The molecule has 1 heterocycles. The van der Waals surface area contributed by atoms with Crippen molar-refractivity contribution in [1.29, 1.82) is 5.26 Å². The second kappa shape index (κ2) is 11.4. The fourth-order valence-corrected chi connectivity index (χ4v) is 4.17. The van der Waals surface area contributed by atoms with Gasteiger partial charge in [-0.3, -0.25) is 4.98 Å². The van der Waals surface area contributed by atoms with E-state index >= 15 is 0 Å². The van der Waals surface area contributed by atoms with E-state index in [9.17, 15) is 9.65 Å². The Kier molecular flexibility index (Phi) is 8.03. The van der Waals surface area contributed by atoms with Crippen LogP contribution in [0.2, 0.25) is 5.02 Å². The van der Waals surface area contributed by atoms with Crippen LogP contribution in [0.15, 0.2) is 65.3 Å². The van der Waals surface area contributed by atoms with Crippen LogP contribution in [0, 0.1) is 17.1 Å². The summed E-state index contributed by atoms with van der Waals surface area (Å²) < 4.78 is 25.1. The number of fused-ring (bicyclic) bond motifs is 1. The summed E-state index contributed by atoms with van der Waals surface area (Å²) in [5.41, 5.74) is 4.12. The van der Waals surface area contributed by atoms with Gasteiger partial charge >= 0.3 is 0 Å². The number of halogens is 3. The molecule has 0 saturated carbocycles. The number of aromatic nitrogens is 1. The molecule has 0 atom stereocenters. The second-order valence-electron chi connectivity index (χ2n) is 7.60. The molecule has 0 radical (unpaired) electrons. The number of anilines is 3. The van der Waals surface area contributed by atoms with Gasteiger partial charge in [-0.1, -0.05) is 17.7 Å². The van der Waals surface area contributed by atoms with Gasteiger partial charge in [0.2, 0.25) is 0 Å². The number of nitriles is 1. The molecule has 0 spiro atoms. The average molecular weight is 556 g/mol. The highest BCUT2D eigenvalue weighted by atomic mass is 79.9. The third kappa shape index (κ3) is 6.01. The van der Waals surface area contributed by atoms with Crippen molar-refractivity contribution in [2.75, 3.05) is 31.0 Å². The number of hydrogen-bond donors (Lipinski definition) is 2. The Morgan fingerprint density at radius 2 is 1.91 bits per heavy atom. The summed E-state index contributed by atoms with van der Waals surface area (Å²) in [5, 5.41) is 17.0. The minimum Gasteiger partial charge on any atom is -0.490 e. The van der Waals surface area contributed by atoms with Crippen molar-refractivity contribution < 1.29 is 13.9 Å². The first-order valence-corrected chi connectivity index (χ1v) is 11.8. The van der Waals surface area contributed by atoms with E-state index in [1.165, 1.54) is 18.3 Å². The van der Waals surface area contributed by atoms with E-state index in [2.05, 4.69) is 37.6 Å². The van der Waals surface area contributed by atoms with E-state index in [0.29, 0.717) is 42.2 Å². The van der Waals surface area contributed by atoms with E-state index in [0.717, 1.165) is 26.9 Å². The van der Waals surface area contributed by atoms with Crippen LogP contribution in [0.4, 0.5) is 21.5 Å². The third-order valence-corrected chi connectivity index (χ3v) is 6.12. The monoisotopic (exact) mass is 554 g/mol. The van der Waals surface area contributed by atoms with Crippen molar-refractivity contribution in [3.8, 4) is 11.8 Å². The summed E-state index contributed by atoms with van der Waals surface area (Å²) in [6.07, 6.45) is 1.51. The van der Waals surface area contributed by atoms with Gasteiger partial charge in [0.1, 0.15) is 24.2 Å². The van der Waals surface area contributed by atoms with Gasteiger partial charge in [-0.2, -0.15) is 5.26 Å². The summed E-state index contributed by atoms with van der Waals surface area (Å²) in [6.45, 7) is 1.57. The van der Waals surface area contributed by atoms with Crippen LogP contribution in [0.1, 0.15) is 11.1 Å². The lowest BCUT2D eigenvalue weighted by molar-refractivity contribution is 0.146. The number of pyridine rings is 1. The van der Waals surface area contributed by atoms with Gasteiger partial charge < -0.3 is 20.1 Å². The highest BCUT2D eigenvalue weighted by Gasteiger charge is 2.12. The van der Waals surface area contributed by atoms with Crippen LogP contribution in [-0.4, -0.2) is 25.3 Å². The Morgan fingerprint density at radius 3 is 2.66 bits per heavy atom. The number of hydrogen-bond acceptors (Lipinski definition) is 6. The highest BCUT2D eigenvalue weighted by Crippen LogP contribution is 2.32. The molecule has 0 unspecified atom stereocenters. The van der Waals surface area contributed by atoms with Crippen LogP contribution in [-0.2, 0) is 11.3 Å². The van der Waals surface area contributed by atoms with Crippen LogP contribution < -0.4 is 15.4 Å². The fraction of sp³-hybridized carbons (Fsp3) is 0.154. The molecule has 6 nitrogen and oxygen atoms in total. The highest BCUT2D eigenvalue weighted by molar-refractivity contribution is 9.10. The van der Waals surface area contributed by atoms with E-state index in [4.69, 9.17) is 21.1 Å². The first kappa shape index (κ1) is 24.7. The summed E-state index contributed by atoms with van der Waals surface area (Å²) >= 11 is 9.48. The average Bonchev–Trinajstić information content (AvgIpc) is 2.86. The Morgan fingerprint density at radius 1 is 1.09 bits per heavy atom. The number of benzene rings is 3. The largest absolute Gasteiger partial charge is 0.490 e. The zero-order valence-electron chi connectivity index (χ0n) is 18.7. The number of nitrogens with one attached hydrogen (secondary N) is 2. The fourth-order valence-electron chi connectivity index (χ4n) is 3.45. The minimum absolute atomic E-state index is 0.00417. The summed E-state index contributed by atoms with van der Waals surface area (Å²) in [6, 6.07) is 18.1. The first-order valence-electron chi connectivity index (χ1n) is 10.7. The van der Waals surface area contributed by atoms with Gasteiger partial charge in [-0.25, -0.2) is 4.39 Å². The van der Waals surface area contributed by atoms with Gasteiger partial charge in [0.05, 0.1) is 32.9 Å². The van der Waals surface area contributed by atoms with Crippen LogP contribution in [0.25, 0.3) is 10.9 Å². The molecule has 0 aliphatic carbocycles. The molecular weight excluding hydrogens is 535 g/mol. The van der Waals surface area contributed by atoms with Crippen molar-refractivity contribution >= 4 is 55.5 Å². The standard InChI is InChI=1S/C26H21BrClFN4O2/c1-34-8-9-35-25-7-2-16(10-21(25)27)14-31-18-4-6-24-20(11-18)26(17(13-30)15-32-24)33-19-3-5-23(29)22(28)12-19/h2-7,10-12,15,31H,8-9,14H2,1H3,(H,32,33). The number of rotatable bonds is 9. The Hall–Kier alpha value is -3.38. The molecule has 0 aliphatic rings. The van der Waals surface area contributed by atoms with Crippen molar-refractivity contribution in [2.45, 2.75) is 6.54 Å². The Balaban J connectivity index is 1.57. The SMILES string of the molecule is COCCOc1ccc(CNc2ccc3ncc(C#N)c(Nc4ccc(F)c(Cl)c4)c3c2)cc1Br. The maximum absolute atomic E-state index is 13.6. The zero-order chi connectivity index (χ0) is 24.8.